The summed E-state index contributed by atoms with van der Waals surface area (Å²) in [7, 11) is 0. The Bertz CT molecular complexity index is 4740. The van der Waals surface area contributed by atoms with Crippen LogP contribution in [0.5, 0.6) is 0 Å². The Morgan fingerprint density at radius 2 is 0.789 bits per heavy atom. The molecule has 10 rings (SSSR count). The Labute approximate surface area is 605 Å². The van der Waals surface area contributed by atoms with E-state index in [1.807, 2.05) is 0 Å². The van der Waals surface area contributed by atoms with Crippen molar-refractivity contribution in [2.75, 3.05) is 61.7 Å². The van der Waals surface area contributed by atoms with Gasteiger partial charge in [0.1, 0.15) is 138 Å². The number of nitriles is 1. The van der Waals surface area contributed by atoms with Crippen LogP contribution in [0.25, 0.3) is 0 Å². The zero-order valence-electron chi connectivity index (χ0n) is 55.0. The third kappa shape index (κ3) is 17.4. The predicted molar refractivity (Wildman–Crippen MR) is 343 cm³/mol. The van der Waals surface area contributed by atoms with Gasteiger partial charge < -0.3 is 109 Å². The molecule has 5 aliphatic heterocycles. The van der Waals surface area contributed by atoms with E-state index in [-0.39, 0.29) is 29.1 Å². The van der Waals surface area contributed by atoms with Crippen LogP contribution in [0.15, 0.2) is 122 Å². The molecule has 20 atom stereocenters. The van der Waals surface area contributed by atoms with Crippen LogP contribution in [0, 0.1) is 80.9 Å². The second-order valence-corrected chi connectivity index (χ2v) is 23.0. The maximum Gasteiger partial charge on any atom is 0.398 e. The average molecular weight is 1570 g/mol. The van der Waals surface area contributed by atoms with Gasteiger partial charge in [-0.1, -0.05) is 23.6 Å². The number of aliphatic hydroxyl groups excluding tert-OH is 10. The second-order valence-electron chi connectivity index (χ2n) is 22.7. The molecular weight excluding hydrogens is 1500 g/mol. The summed E-state index contributed by atoms with van der Waals surface area (Å²) in [5.74, 6) is -5.98. The van der Waals surface area contributed by atoms with E-state index in [0.29, 0.717) is 4.57 Å². The summed E-state index contributed by atoms with van der Waals surface area (Å²) in [5.41, 5.74) is 52.3. The van der Waals surface area contributed by atoms with Gasteiger partial charge in [0.2, 0.25) is 30.5 Å². The van der Waals surface area contributed by atoms with E-state index in [1.54, 1.807) is 6.07 Å². The van der Waals surface area contributed by atoms with Crippen LogP contribution in [-0.2, 0) is 28.5 Å². The second kappa shape index (κ2) is 35.4. The highest BCUT2D eigenvalue weighted by Gasteiger charge is 2.68. The molecule has 10 heterocycles. The molecule has 0 aromatic carbocycles. The van der Waals surface area contributed by atoms with Gasteiger partial charge in [-0.05, 0) is 30.3 Å². The predicted octanol–water partition coefficient (Wildman–Crippen LogP) is -8.19. The summed E-state index contributed by atoms with van der Waals surface area (Å²) >= 11 is 5.55. The summed E-state index contributed by atoms with van der Waals surface area (Å²) in [4.78, 5) is 102. The molecule has 5 aromatic heterocycles. The van der Waals surface area contributed by atoms with Gasteiger partial charge in [-0.25, -0.2) is 24.0 Å². The molecule has 109 heavy (non-hydrogen) atoms. The number of amides is 1. The van der Waals surface area contributed by atoms with Crippen molar-refractivity contribution in [1.82, 2.24) is 72.3 Å². The summed E-state index contributed by atoms with van der Waals surface area (Å²) in [6.07, 6.45) is -7.64. The minimum Gasteiger partial charge on any atom is -0.391 e. The van der Waals surface area contributed by atoms with E-state index in [0.717, 1.165) is 36.1 Å². The lowest BCUT2D eigenvalue weighted by molar-refractivity contribution is -0.211. The zero-order valence-corrected chi connectivity index (χ0v) is 55.8. The molecule has 5 aromatic rings. The Balaban J connectivity index is 0.000000213. The largest absolute Gasteiger partial charge is 0.398 e. The third-order valence-electron chi connectivity index (χ3n) is 16.4. The van der Waals surface area contributed by atoms with Gasteiger partial charge >= 0.3 is 34.6 Å². The number of nitrogen functional groups attached to an aromatic ring is 5. The summed E-state index contributed by atoms with van der Waals surface area (Å²) < 4.78 is 70.8. The Hall–Kier alpha value is -12.3. The van der Waals surface area contributed by atoms with E-state index < -0.39 is 193 Å². The number of nitrogens with zero attached hydrogens (tertiary/aromatic N) is 21. The highest BCUT2D eigenvalue weighted by molar-refractivity contribution is 6.25. The highest BCUT2D eigenvalue weighted by Crippen LogP contribution is 2.50. The van der Waals surface area contributed by atoms with E-state index in [2.05, 4.69) is 81.0 Å². The molecule has 53 nitrogen and oxygen atoms in total. The summed E-state index contributed by atoms with van der Waals surface area (Å²) in [6.45, 7) is -4.38. The topological polar surface area (TPSA) is 871 Å². The van der Waals surface area contributed by atoms with Crippen LogP contribution in [0.1, 0.15) is 31.1 Å². The fourth-order valence-electron chi connectivity index (χ4n) is 11.1. The maximum atomic E-state index is 13.3. The number of nitrogens with two attached hydrogens (primary N) is 6. The quantitative estimate of drug-likeness (QED) is 0.0234. The molecule has 0 spiro atoms. The van der Waals surface area contributed by atoms with E-state index in [4.69, 9.17) is 109 Å². The van der Waals surface area contributed by atoms with Crippen molar-refractivity contribution in [3.05, 3.63) is 125 Å². The number of halogens is 4. The number of hydrogen-bond donors (Lipinski definition) is 21. The van der Waals surface area contributed by atoms with Crippen LogP contribution < -0.4 is 87.4 Å². The monoisotopic (exact) mass is 1570 g/mol. The first-order valence-corrected chi connectivity index (χ1v) is 30.4. The van der Waals surface area contributed by atoms with Crippen molar-refractivity contribution >= 4 is 46.6 Å². The minimum absolute atomic E-state index is 0.0115. The van der Waals surface area contributed by atoms with Crippen LogP contribution in [0.4, 0.5) is 42.3 Å². The van der Waals surface area contributed by atoms with Gasteiger partial charge in [0.25, 0.3) is 28.6 Å². The van der Waals surface area contributed by atoms with E-state index >= 15 is 0 Å². The first-order chi connectivity index (χ1) is 51.5. The number of nitrogens with one attached hydrogen (secondary N) is 5. The molecule has 0 unspecified atom stereocenters. The Kier molecular flexibility index (Phi) is 27.8. The average Bonchev–Trinajstić information content (AvgIpc) is 1.50. The number of hydrogen-bond acceptors (Lipinski definition) is 42. The molecule has 0 saturated carbocycles. The van der Waals surface area contributed by atoms with Crippen LogP contribution in [-0.4, -0.2) is 203 Å². The smallest absolute Gasteiger partial charge is 0.391 e. The first-order valence-electron chi connectivity index (χ1n) is 30.0. The molecule has 0 bridgehead atoms. The molecule has 27 N–H and O–H groups in total. The molecule has 5 fully saturated rings. The van der Waals surface area contributed by atoms with Crippen LogP contribution in [0.3, 0.4) is 0 Å². The van der Waals surface area contributed by atoms with Crippen LogP contribution in [0.2, 0.25) is 0 Å². The van der Waals surface area contributed by atoms with Crippen molar-refractivity contribution in [2.24, 2.45) is 60.9 Å². The lowest BCUT2D eigenvalue weighted by Crippen LogP contribution is -2.46. The van der Waals surface area contributed by atoms with Crippen molar-refractivity contribution in [3.63, 3.8) is 0 Å². The molecule has 5 saturated heterocycles. The van der Waals surface area contributed by atoms with Gasteiger partial charge in [0.05, 0.1) is 17.9 Å². The Morgan fingerprint density at radius 3 is 1.09 bits per heavy atom. The van der Waals surface area contributed by atoms with Gasteiger partial charge in [0.15, 0.2) is 56.7 Å². The number of terminal acetylenes is 1. The molecular formula is C52H65ClF3N32O21+5. The van der Waals surface area contributed by atoms with E-state index in [1.165, 1.54) is 55.1 Å². The number of carbonyl (C=O) groups excluding carboxylic acids is 1. The zero-order chi connectivity index (χ0) is 81.5. The fraction of sp³-hybridized carbons (Fsp3) is 0.500. The highest BCUT2D eigenvalue weighted by atomic mass is 35.5. The first kappa shape index (κ1) is 85.6. The molecule has 0 radical (unpaired) electrons. The lowest BCUT2D eigenvalue weighted by Gasteiger charge is -2.23. The van der Waals surface area contributed by atoms with E-state index in [9.17, 15) is 93.0 Å². The fourth-order valence-corrected chi connectivity index (χ4v) is 11.3. The lowest BCUT2D eigenvalue weighted by atomic mass is 9.95. The van der Waals surface area contributed by atoms with Gasteiger partial charge in [-0.2, -0.15) is 43.4 Å². The van der Waals surface area contributed by atoms with Crippen LogP contribution >= 0.6 is 11.6 Å². The number of aromatic nitrogens is 10. The van der Waals surface area contributed by atoms with Crippen molar-refractivity contribution in [3.8, 4) is 18.4 Å². The number of aliphatic hydroxyl groups is 10. The standard InChI is InChI=1S/C11H13ClN6O4.C11H12N6O4.C10H11F3N6O4.C10H13N7O5.C10H11N7O4/c12-3-1-6-8(20)11(5-19,16-17-14)22-9(6)18-4-2-7(13)15-10(18)21;1-2-6-8(19)11(5-18,15-16-13)21-9(6)17-4-3-7(12)14-10(17)20;11-10(12,13)5-6(21)9(3-20,17-18-15)23-7(5)19-2-1-4(14)16-8(19)22;11-4-1-2-17(9(21)14-4)8-5(7(12)20)6(19)10(3-18,22-8)15-16-13;11-3-5-7(19)10(4-18,15-16-13)21-8(5)17-2-1-6(12)14-9(17)20/h1-4,6,8-9,14,19-20H,5H2,(H-,13,15,21);1,3-4,6,8-9,13,18-19H,5H2,(H-,12,14,20);1-2,5-7,15,20-21H,3H2,(H-,14,16,22);1-2,5-6,8,13,18-19H,3H2,(H3-,11,12,14,20,21);1-2,5,7-8,13,18-19H,4H2,(H-,12,14,20)/p+5/t2*6-,8-,9+,11+;5-,6-,7+,9+;5-,6+,8-,10-;5-,7-,8+,10+/m00010/s1. The molecule has 0 aliphatic carbocycles. The summed E-state index contributed by atoms with van der Waals surface area (Å²) in [6, 6.07) is 8.18. The molecule has 1 amide bonds. The molecule has 5 aliphatic rings. The van der Waals surface area contributed by atoms with Gasteiger partial charge in [-0.15, -0.1) is 6.42 Å². The Morgan fingerprint density at radius 1 is 0.514 bits per heavy atom. The third-order valence-corrected chi connectivity index (χ3v) is 16.6. The van der Waals surface area contributed by atoms with Crippen molar-refractivity contribution < 1.29 is 92.7 Å². The van der Waals surface area contributed by atoms with Crippen molar-refractivity contribution in [2.45, 2.75) is 96.5 Å². The normalized spacial score (nSPS) is 31.1. The minimum atomic E-state index is -5.00. The number of rotatable bonds is 17. The number of primary amides is 1. The summed E-state index contributed by atoms with van der Waals surface area (Å²) in [5, 5.41) is 123. The SMILES string of the molecule is C#C[C@@H]1[C@H](n2ccc(N)nc2=O)O[C@@](CO)(N=[N+]=N)[C@H]1O.N#C[C@@H]1[C@H](n2ccc(N)nc2=O)O[C@@](CO)(N=[N+]=N)[C@H]1O.N=[N+]=N[C@]1(CO)O[C@@H](n2ccc(N)nc2=O)[C@@H](C(F)(F)F)[C@@H]1O.N=[N+]=N[C@]1(CO)O[C@@H](n2ccc(N)nc2=O)[C@@H](C(N)=O)[C@@H]1O.N=[N+]=N[C@]1(CO)O[C@@H](n2ccc(N)nc2=O)[C@@H](C=CCl)[C@@H]1O. The number of ether oxygens (including phenoxy) is 5. The number of anilines is 5. The molecule has 582 valence electrons. The van der Waals surface area contributed by atoms with Gasteiger partial charge in [-0.3, -0.25) is 27.6 Å². The van der Waals surface area contributed by atoms with Gasteiger partial charge in [0, 0.05) is 36.5 Å². The number of alkyl halides is 3. The van der Waals surface area contributed by atoms with Crippen molar-refractivity contribution in [1.29, 1.82) is 32.9 Å². The molecule has 57 heteroatoms. The maximum absolute atomic E-state index is 13.3. The number of carbonyl (C=O) groups is 1.